The van der Waals surface area contributed by atoms with Gasteiger partial charge in [-0.2, -0.15) is 0 Å². The van der Waals surface area contributed by atoms with E-state index in [1.807, 2.05) is 19.9 Å². The number of nitrogens with zero attached hydrogens (tertiary/aromatic N) is 2. The van der Waals surface area contributed by atoms with Gasteiger partial charge >= 0.3 is 6.03 Å². The Hall–Kier alpha value is -2.05. The summed E-state index contributed by atoms with van der Waals surface area (Å²) in [5.41, 5.74) is 5.96. The lowest BCUT2D eigenvalue weighted by atomic mass is 10.1. The minimum atomic E-state index is -0.673. The molecule has 1 saturated heterocycles. The van der Waals surface area contributed by atoms with Gasteiger partial charge in [0.1, 0.15) is 6.04 Å². The summed E-state index contributed by atoms with van der Waals surface area (Å²) >= 11 is 0. The third-order valence-corrected chi connectivity index (χ3v) is 3.70. The molecular weight excluding hydrogens is 272 g/mol. The first-order valence-corrected chi connectivity index (χ1v) is 7.32. The maximum Gasteiger partial charge on any atom is 0.312 e. The number of likely N-dealkylation sites (tertiary alicyclic amines) is 1. The van der Waals surface area contributed by atoms with E-state index in [-0.39, 0.29) is 11.9 Å². The van der Waals surface area contributed by atoms with Gasteiger partial charge in [-0.05, 0) is 26.2 Å². The summed E-state index contributed by atoms with van der Waals surface area (Å²) in [6.45, 7) is 4.47. The highest BCUT2D eigenvalue weighted by molar-refractivity contribution is 5.87. The molecule has 3 N–H and O–H groups in total. The summed E-state index contributed by atoms with van der Waals surface area (Å²) in [5, 5.41) is 6.42. The molecule has 1 aliphatic heterocycles. The van der Waals surface area contributed by atoms with Crippen LogP contribution in [0.15, 0.2) is 10.6 Å². The highest BCUT2D eigenvalue weighted by atomic mass is 16.5. The van der Waals surface area contributed by atoms with Crippen LogP contribution < -0.4 is 11.1 Å². The largest absolute Gasteiger partial charge is 0.359 e. The number of carbonyl (C=O) groups excluding carboxylic acids is 2. The molecule has 7 heteroatoms. The number of primary amides is 1. The molecule has 0 aliphatic carbocycles. The summed E-state index contributed by atoms with van der Waals surface area (Å²) in [6, 6.07) is 0.505. The fraction of sp³-hybridized carbons (Fsp3) is 0.643. The second-order valence-electron chi connectivity index (χ2n) is 5.41. The Bertz CT molecular complexity index is 514. The van der Waals surface area contributed by atoms with Gasteiger partial charge in [-0.25, -0.2) is 4.79 Å². The number of nitrogens with two attached hydrogens (primary N) is 1. The van der Waals surface area contributed by atoms with E-state index < -0.39 is 12.1 Å². The van der Waals surface area contributed by atoms with Crippen molar-refractivity contribution >= 4 is 11.9 Å². The fourth-order valence-electron chi connectivity index (χ4n) is 2.78. The van der Waals surface area contributed by atoms with Crippen LogP contribution in [0, 0.1) is 6.92 Å². The fourth-order valence-corrected chi connectivity index (χ4v) is 2.78. The van der Waals surface area contributed by atoms with Gasteiger partial charge in [0, 0.05) is 12.6 Å². The van der Waals surface area contributed by atoms with Crippen molar-refractivity contribution < 1.29 is 14.1 Å². The lowest BCUT2D eigenvalue weighted by molar-refractivity contribution is -0.134. The average molecular weight is 294 g/mol. The van der Waals surface area contributed by atoms with Gasteiger partial charge in [-0.3, -0.25) is 4.79 Å². The molecule has 3 amide bonds. The highest BCUT2D eigenvalue weighted by Gasteiger charge is 2.36. The number of carbonyl (C=O) groups is 2. The second kappa shape index (κ2) is 6.60. The molecule has 0 unspecified atom stereocenters. The zero-order chi connectivity index (χ0) is 15.4. The van der Waals surface area contributed by atoms with Gasteiger partial charge in [-0.15, -0.1) is 0 Å². The standard InChI is InChI=1S/C14H22N4O3/c1-3-5-10(16-14(15)20)13(19)18-7-4-6-11(18)12-8-9(2)17-21-12/h8,10-11H,3-7H2,1-2H3,(H3,15,16,20)/t10-,11+/m1/s1. The molecule has 0 spiro atoms. The molecule has 21 heavy (non-hydrogen) atoms. The monoisotopic (exact) mass is 294 g/mol. The molecule has 1 aromatic heterocycles. The van der Waals surface area contributed by atoms with Crippen LogP contribution in [0.3, 0.4) is 0 Å². The molecule has 7 nitrogen and oxygen atoms in total. The van der Waals surface area contributed by atoms with E-state index >= 15 is 0 Å². The Balaban J connectivity index is 2.13. The van der Waals surface area contributed by atoms with Gasteiger partial charge in [0.25, 0.3) is 0 Å². The van der Waals surface area contributed by atoms with Gasteiger partial charge in [-0.1, -0.05) is 18.5 Å². The SMILES string of the molecule is CCC[C@@H](NC(N)=O)C(=O)N1CCC[C@H]1c1cc(C)no1. The lowest BCUT2D eigenvalue weighted by Crippen LogP contribution is -2.49. The van der Waals surface area contributed by atoms with E-state index in [4.69, 9.17) is 10.3 Å². The zero-order valence-electron chi connectivity index (χ0n) is 12.5. The molecule has 116 valence electrons. The first kappa shape index (κ1) is 15.3. The predicted molar refractivity (Wildman–Crippen MR) is 76.3 cm³/mol. The highest BCUT2D eigenvalue weighted by Crippen LogP contribution is 2.32. The normalized spacial score (nSPS) is 19.5. The Morgan fingerprint density at radius 3 is 2.95 bits per heavy atom. The van der Waals surface area contributed by atoms with Crippen LogP contribution in [0.1, 0.15) is 50.1 Å². The molecule has 2 heterocycles. The number of nitrogens with one attached hydrogen (secondary N) is 1. The topological polar surface area (TPSA) is 101 Å². The van der Waals surface area contributed by atoms with Crippen LogP contribution in [0.5, 0.6) is 0 Å². The van der Waals surface area contributed by atoms with Crippen molar-refractivity contribution in [3.05, 3.63) is 17.5 Å². The summed E-state index contributed by atoms with van der Waals surface area (Å²) in [4.78, 5) is 25.5. The van der Waals surface area contributed by atoms with Crippen molar-refractivity contribution in [2.24, 2.45) is 5.73 Å². The molecule has 2 atom stereocenters. The van der Waals surface area contributed by atoms with E-state index in [9.17, 15) is 9.59 Å². The van der Waals surface area contributed by atoms with Crippen LogP contribution >= 0.6 is 0 Å². The quantitative estimate of drug-likeness (QED) is 0.858. The number of aromatic nitrogens is 1. The minimum Gasteiger partial charge on any atom is -0.359 e. The Morgan fingerprint density at radius 1 is 1.62 bits per heavy atom. The summed E-state index contributed by atoms with van der Waals surface area (Å²) in [6.07, 6.45) is 3.11. The number of urea groups is 1. The number of hydrogen-bond acceptors (Lipinski definition) is 4. The maximum atomic E-state index is 12.7. The van der Waals surface area contributed by atoms with Gasteiger partial charge < -0.3 is 20.5 Å². The molecule has 0 aromatic carbocycles. The van der Waals surface area contributed by atoms with Crippen molar-refractivity contribution in [2.75, 3.05) is 6.54 Å². The molecule has 1 aliphatic rings. The van der Waals surface area contributed by atoms with Crippen LogP contribution in [0.2, 0.25) is 0 Å². The molecule has 0 saturated carbocycles. The van der Waals surface area contributed by atoms with Gasteiger partial charge in [0.15, 0.2) is 5.76 Å². The van der Waals surface area contributed by atoms with Gasteiger partial charge in [0.05, 0.1) is 11.7 Å². The second-order valence-corrected chi connectivity index (χ2v) is 5.41. The van der Waals surface area contributed by atoms with E-state index in [0.717, 1.165) is 25.0 Å². The average Bonchev–Trinajstić information content (AvgIpc) is 3.05. The van der Waals surface area contributed by atoms with Gasteiger partial charge in [0.2, 0.25) is 5.91 Å². The smallest absolute Gasteiger partial charge is 0.312 e. The van der Waals surface area contributed by atoms with Crippen LogP contribution in [-0.4, -0.2) is 34.6 Å². The Kier molecular flexibility index (Phi) is 4.82. The van der Waals surface area contributed by atoms with E-state index in [0.29, 0.717) is 18.7 Å². The molecule has 1 aromatic rings. The third-order valence-electron chi connectivity index (χ3n) is 3.70. The summed E-state index contributed by atoms with van der Waals surface area (Å²) < 4.78 is 5.29. The first-order valence-electron chi connectivity index (χ1n) is 7.32. The summed E-state index contributed by atoms with van der Waals surface area (Å²) in [7, 11) is 0. The molecule has 0 bridgehead atoms. The van der Waals surface area contributed by atoms with Crippen molar-refractivity contribution in [3.8, 4) is 0 Å². The van der Waals surface area contributed by atoms with E-state index in [1.54, 1.807) is 4.90 Å². The van der Waals surface area contributed by atoms with Crippen molar-refractivity contribution in [1.82, 2.24) is 15.4 Å². The first-order chi connectivity index (χ1) is 10.0. The van der Waals surface area contributed by atoms with Crippen molar-refractivity contribution in [2.45, 2.75) is 51.6 Å². The maximum absolute atomic E-state index is 12.7. The third kappa shape index (κ3) is 3.53. The summed E-state index contributed by atoms with van der Waals surface area (Å²) in [5.74, 6) is 0.597. The number of amides is 3. The minimum absolute atomic E-state index is 0.104. The Morgan fingerprint density at radius 2 is 2.38 bits per heavy atom. The van der Waals surface area contributed by atoms with E-state index in [1.165, 1.54) is 0 Å². The molecule has 1 fully saturated rings. The molecule has 2 rings (SSSR count). The number of aryl methyl sites for hydroxylation is 1. The van der Waals surface area contributed by atoms with Crippen molar-refractivity contribution in [1.29, 1.82) is 0 Å². The lowest BCUT2D eigenvalue weighted by Gasteiger charge is -2.27. The molecule has 0 radical (unpaired) electrons. The number of rotatable bonds is 5. The Labute approximate surface area is 123 Å². The molecular formula is C14H22N4O3. The zero-order valence-corrected chi connectivity index (χ0v) is 12.5. The predicted octanol–water partition coefficient (Wildman–Crippen LogP) is 1.48. The number of hydrogen-bond donors (Lipinski definition) is 2. The van der Waals surface area contributed by atoms with Crippen LogP contribution in [0.4, 0.5) is 4.79 Å². The van der Waals surface area contributed by atoms with Crippen molar-refractivity contribution in [3.63, 3.8) is 0 Å². The van der Waals surface area contributed by atoms with Crippen LogP contribution in [0.25, 0.3) is 0 Å². The van der Waals surface area contributed by atoms with E-state index in [2.05, 4.69) is 10.5 Å². The van der Waals surface area contributed by atoms with Crippen LogP contribution in [-0.2, 0) is 4.79 Å².